The summed E-state index contributed by atoms with van der Waals surface area (Å²) in [6.45, 7) is 8.32. The van der Waals surface area contributed by atoms with Crippen LogP contribution in [0.25, 0.3) is 0 Å². The van der Waals surface area contributed by atoms with Crippen molar-refractivity contribution < 1.29 is 9.53 Å². The summed E-state index contributed by atoms with van der Waals surface area (Å²) in [4.78, 5) is 14.0. The van der Waals surface area contributed by atoms with Gasteiger partial charge < -0.3 is 15.0 Å². The number of nitriles is 1. The molecule has 0 atom stereocenters. The standard InChI is InChI=1S/C17H19N3O2/c1-4-10-20(11-5-2)13-14(12-18)17(21)19-15-8-6-7-9-16(15)22-3/h4-9,13H,1-2,10-11H2,3H3,(H,19,21)/b14-13-. The topological polar surface area (TPSA) is 65.4 Å². The molecule has 0 fully saturated rings. The Morgan fingerprint density at radius 1 is 1.36 bits per heavy atom. The Labute approximate surface area is 130 Å². The molecule has 0 spiro atoms. The van der Waals surface area contributed by atoms with Crippen LogP contribution in [0.1, 0.15) is 0 Å². The smallest absolute Gasteiger partial charge is 0.267 e. The summed E-state index contributed by atoms with van der Waals surface area (Å²) in [7, 11) is 1.52. The molecule has 0 aliphatic heterocycles. The number of hydrogen-bond donors (Lipinski definition) is 1. The normalized spacial score (nSPS) is 10.3. The molecule has 0 heterocycles. The predicted octanol–water partition coefficient (Wildman–Crippen LogP) is 2.72. The summed E-state index contributed by atoms with van der Waals surface area (Å²) in [6.07, 6.45) is 4.87. The summed E-state index contributed by atoms with van der Waals surface area (Å²) < 4.78 is 5.16. The largest absolute Gasteiger partial charge is 0.495 e. The minimum Gasteiger partial charge on any atom is -0.495 e. The summed E-state index contributed by atoms with van der Waals surface area (Å²) in [5.41, 5.74) is 0.504. The third-order valence-electron chi connectivity index (χ3n) is 2.76. The van der Waals surface area contributed by atoms with Crippen molar-refractivity contribution in [3.05, 3.63) is 61.3 Å². The zero-order valence-electron chi connectivity index (χ0n) is 12.6. The molecule has 1 rings (SSSR count). The number of methoxy groups -OCH3 is 1. The lowest BCUT2D eigenvalue weighted by atomic mass is 10.2. The number of rotatable bonds is 8. The third kappa shape index (κ3) is 4.84. The first kappa shape index (κ1) is 17.1. The molecule has 0 saturated carbocycles. The minimum absolute atomic E-state index is 0.00499. The van der Waals surface area contributed by atoms with Crippen molar-refractivity contribution in [1.29, 1.82) is 5.26 Å². The molecule has 0 aromatic heterocycles. The summed E-state index contributed by atoms with van der Waals surface area (Å²) >= 11 is 0. The van der Waals surface area contributed by atoms with Crippen molar-refractivity contribution in [3.63, 3.8) is 0 Å². The van der Waals surface area contributed by atoms with E-state index in [2.05, 4.69) is 18.5 Å². The maximum Gasteiger partial charge on any atom is 0.267 e. The van der Waals surface area contributed by atoms with Crippen LogP contribution in [0, 0.1) is 11.3 Å². The maximum absolute atomic E-state index is 12.2. The molecule has 0 saturated heterocycles. The highest BCUT2D eigenvalue weighted by Crippen LogP contribution is 2.23. The number of para-hydroxylation sites is 2. The van der Waals surface area contributed by atoms with E-state index in [9.17, 15) is 10.1 Å². The van der Waals surface area contributed by atoms with Crippen LogP contribution in [0.2, 0.25) is 0 Å². The maximum atomic E-state index is 12.2. The molecule has 1 aromatic rings. The van der Waals surface area contributed by atoms with Gasteiger partial charge in [-0.3, -0.25) is 4.79 Å². The number of carbonyl (C=O) groups excluding carboxylic acids is 1. The number of anilines is 1. The lowest BCUT2D eigenvalue weighted by molar-refractivity contribution is -0.112. The first-order valence-electron chi connectivity index (χ1n) is 6.68. The van der Waals surface area contributed by atoms with E-state index in [4.69, 9.17) is 4.74 Å². The van der Waals surface area contributed by atoms with Gasteiger partial charge in [-0.15, -0.1) is 13.2 Å². The van der Waals surface area contributed by atoms with Crippen LogP contribution in [-0.2, 0) is 4.79 Å². The van der Waals surface area contributed by atoms with E-state index in [0.29, 0.717) is 24.5 Å². The van der Waals surface area contributed by atoms with E-state index >= 15 is 0 Å². The van der Waals surface area contributed by atoms with E-state index in [1.807, 2.05) is 6.07 Å². The summed E-state index contributed by atoms with van der Waals surface area (Å²) in [5.74, 6) is 0.0345. The highest BCUT2D eigenvalue weighted by Gasteiger charge is 2.13. The first-order valence-corrected chi connectivity index (χ1v) is 6.68. The van der Waals surface area contributed by atoms with Crippen LogP contribution in [0.5, 0.6) is 5.75 Å². The van der Waals surface area contributed by atoms with Crippen molar-refractivity contribution in [1.82, 2.24) is 4.90 Å². The van der Waals surface area contributed by atoms with Gasteiger partial charge in [-0.25, -0.2) is 0 Å². The highest BCUT2D eigenvalue weighted by molar-refractivity contribution is 6.07. The Bertz CT molecular complexity index is 605. The van der Waals surface area contributed by atoms with E-state index in [1.165, 1.54) is 13.3 Å². The molecular formula is C17H19N3O2. The van der Waals surface area contributed by atoms with Gasteiger partial charge in [-0.1, -0.05) is 24.3 Å². The van der Waals surface area contributed by atoms with Crippen LogP contribution in [-0.4, -0.2) is 31.0 Å². The van der Waals surface area contributed by atoms with Gasteiger partial charge in [0.1, 0.15) is 17.4 Å². The first-order chi connectivity index (χ1) is 10.7. The van der Waals surface area contributed by atoms with Crippen LogP contribution in [0.3, 0.4) is 0 Å². The number of hydrogen-bond acceptors (Lipinski definition) is 4. The van der Waals surface area contributed by atoms with Crippen molar-refractivity contribution in [2.45, 2.75) is 0 Å². The molecule has 0 unspecified atom stereocenters. The number of ether oxygens (including phenoxy) is 1. The lowest BCUT2D eigenvalue weighted by Crippen LogP contribution is -2.21. The Balaban J connectivity index is 2.94. The quantitative estimate of drug-likeness (QED) is 0.455. The van der Waals surface area contributed by atoms with Gasteiger partial charge in [0.05, 0.1) is 12.8 Å². The van der Waals surface area contributed by atoms with Crippen LogP contribution < -0.4 is 10.1 Å². The Kier molecular flexibility index (Phi) is 7.00. The van der Waals surface area contributed by atoms with E-state index in [0.717, 1.165) is 0 Å². The SMILES string of the molecule is C=CCN(/C=C(/C#N)C(=O)Nc1ccccc1OC)CC=C. The zero-order valence-corrected chi connectivity index (χ0v) is 12.6. The van der Waals surface area contributed by atoms with Crippen LogP contribution >= 0.6 is 0 Å². The molecule has 1 amide bonds. The summed E-state index contributed by atoms with van der Waals surface area (Å²) in [6, 6.07) is 8.91. The van der Waals surface area contributed by atoms with E-state index in [1.54, 1.807) is 41.3 Å². The molecule has 0 aliphatic carbocycles. The van der Waals surface area contributed by atoms with Gasteiger partial charge in [-0.05, 0) is 12.1 Å². The fourth-order valence-corrected chi connectivity index (χ4v) is 1.77. The molecule has 5 nitrogen and oxygen atoms in total. The number of benzene rings is 1. The fourth-order valence-electron chi connectivity index (χ4n) is 1.77. The zero-order chi connectivity index (χ0) is 16.4. The van der Waals surface area contributed by atoms with Gasteiger partial charge in [0.2, 0.25) is 0 Å². The molecule has 0 bridgehead atoms. The second-order valence-corrected chi connectivity index (χ2v) is 4.34. The average Bonchev–Trinajstić information content (AvgIpc) is 2.53. The third-order valence-corrected chi connectivity index (χ3v) is 2.76. The summed E-state index contributed by atoms with van der Waals surface area (Å²) in [5, 5.41) is 11.9. The molecule has 0 radical (unpaired) electrons. The van der Waals surface area contributed by atoms with E-state index < -0.39 is 5.91 Å². The second-order valence-electron chi connectivity index (χ2n) is 4.34. The second kappa shape index (κ2) is 9.03. The molecular weight excluding hydrogens is 278 g/mol. The molecule has 5 heteroatoms. The minimum atomic E-state index is -0.495. The van der Waals surface area contributed by atoms with Gasteiger partial charge in [0.15, 0.2) is 0 Å². The van der Waals surface area contributed by atoms with Gasteiger partial charge in [-0.2, -0.15) is 5.26 Å². The van der Waals surface area contributed by atoms with Crippen LogP contribution in [0.15, 0.2) is 61.3 Å². The van der Waals surface area contributed by atoms with Crippen molar-refractivity contribution in [2.24, 2.45) is 0 Å². The molecule has 114 valence electrons. The fraction of sp³-hybridized carbons (Fsp3) is 0.176. The number of amides is 1. The average molecular weight is 297 g/mol. The van der Waals surface area contributed by atoms with Gasteiger partial charge >= 0.3 is 0 Å². The van der Waals surface area contributed by atoms with Crippen molar-refractivity contribution >= 4 is 11.6 Å². The Morgan fingerprint density at radius 3 is 2.55 bits per heavy atom. The lowest BCUT2D eigenvalue weighted by Gasteiger charge is -2.16. The molecule has 1 N–H and O–H groups in total. The number of nitrogens with one attached hydrogen (secondary N) is 1. The van der Waals surface area contributed by atoms with Crippen molar-refractivity contribution in [2.75, 3.05) is 25.5 Å². The molecule has 1 aromatic carbocycles. The Morgan fingerprint density at radius 2 is 2.00 bits per heavy atom. The van der Waals surface area contributed by atoms with E-state index in [-0.39, 0.29) is 5.57 Å². The van der Waals surface area contributed by atoms with Crippen molar-refractivity contribution in [3.8, 4) is 11.8 Å². The van der Waals surface area contributed by atoms with Crippen LogP contribution in [0.4, 0.5) is 5.69 Å². The Hall–Kier alpha value is -3.00. The molecule has 0 aliphatic rings. The molecule has 22 heavy (non-hydrogen) atoms. The predicted molar refractivity (Wildman–Crippen MR) is 87.3 cm³/mol. The highest BCUT2D eigenvalue weighted by atomic mass is 16.5. The van der Waals surface area contributed by atoms with Gasteiger partial charge in [0.25, 0.3) is 5.91 Å². The van der Waals surface area contributed by atoms with Gasteiger partial charge in [0, 0.05) is 19.3 Å². The monoisotopic (exact) mass is 297 g/mol. The number of carbonyl (C=O) groups is 1. The number of nitrogens with zero attached hydrogens (tertiary/aromatic N) is 2.